The molecule has 1 aliphatic heterocycles. The molecule has 2 aliphatic carbocycles. The Morgan fingerprint density at radius 1 is 1.00 bits per heavy atom. The Hall–Kier alpha value is -2.94. The molecular formula is C24H21NO2. The van der Waals surface area contributed by atoms with Crippen LogP contribution in [0.25, 0.3) is 22.7 Å². The lowest BCUT2D eigenvalue weighted by molar-refractivity contribution is 0.318. The van der Waals surface area contributed by atoms with Crippen molar-refractivity contribution in [2.24, 2.45) is 5.92 Å². The van der Waals surface area contributed by atoms with Gasteiger partial charge in [-0.2, -0.15) is 0 Å². The van der Waals surface area contributed by atoms with Crippen molar-refractivity contribution in [2.45, 2.75) is 32.6 Å². The van der Waals surface area contributed by atoms with Crippen LogP contribution in [-0.2, 0) is 6.42 Å². The van der Waals surface area contributed by atoms with Crippen molar-refractivity contribution in [2.75, 3.05) is 0 Å². The van der Waals surface area contributed by atoms with E-state index in [0.29, 0.717) is 11.8 Å². The molecule has 1 aromatic heterocycles. The molecule has 0 saturated carbocycles. The third-order valence-electron chi connectivity index (χ3n) is 6.01. The molecule has 3 aromatic rings. The Labute approximate surface area is 158 Å². The van der Waals surface area contributed by atoms with Gasteiger partial charge in [-0.25, -0.2) is 0 Å². The van der Waals surface area contributed by atoms with Gasteiger partial charge in [0.05, 0.1) is 5.69 Å². The molecule has 3 nitrogen and oxygen atoms in total. The van der Waals surface area contributed by atoms with E-state index in [-0.39, 0.29) is 0 Å². The first-order valence-electron chi connectivity index (χ1n) is 9.72. The lowest BCUT2D eigenvalue weighted by atomic mass is 9.88. The highest BCUT2D eigenvalue weighted by molar-refractivity contribution is 5.91. The van der Waals surface area contributed by atoms with Crippen LogP contribution < -0.4 is 9.47 Å². The summed E-state index contributed by atoms with van der Waals surface area (Å²) in [4.78, 5) is 3.57. The number of allylic oxidation sites excluding steroid dienone is 2. The predicted octanol–water partition coefficient (Wildman–Crippen LogP) is 6.02. The van der Waals surface area contributed by atoms with Crippen molar-refractivity contribution in [1.29, 1.82) is 0 Å². The molecule has 1 N–H and O–H groups in total. The number of hydrogen-bond acceptors (Lipinski definition) is 2. The summed E-state index contributed by atoms with van der Waals surface area (Å²) >= 11 is 0. The second-order valence-electron chi connectivity index (χ2n) is 8.06. The molecule has 3 heteroatoms. The first-order valence-corrected chi connectivity index (χ1v) is 9.72. The summed E-state index contributed by atoms with van der Waals surface area (Å²) in [5, 5.41) is 1.28. The van der Waals surface area contributed by atoms with Crippen LogP contribution >= 0.6 is 0 Å². The summed E-state index contributed by atoms with van der Waals surface area (Å²) in [5.74, 6) is 4.40. The van der Waals surface area contributed by atoms with E-state index < -0.39 is 0 Å². The number of aromatic amines is 1. The number of H-pyrrole nitrogens is 1. The van der Waals surface area contributed by atoms with E-state index in [9.17, 15) is 0 Å². The Kier molecular flexibility index (Phi) is 2.97. The third kappa shape index (κ3) is 2.14. The summed E-state index contributed by atoms with van der Waals surface area (Å²) in [6, 6.07) is 12.8. The molecule has 0 radical (unpaired) electrons. The van der Waals surface area contributed by atoms with E-state index in [0.717, 1.165) is 47.1 Å². The van der Waals surface area contributed by atoms with Gasteiger partial charge in [-0.15, -0.1) is 0 Å². The van der Waals surface area contributed by atoms with Crippen molar-refractivity contribution in [3.05, 3.63) is 70.6 Å². The van der Waals surface area contributed by atoms with Gasteiger partial charge in [0, 0.05) is 17.3 Å². The van der Waals surface area contributed by atoms with Gasteiger partial charge in [-0.05, 0) is 53.1 Å². The normalized spacial score (nSPS) is 22.4. The molecule has 2 heterocycles. The number of benzene rings is 2. The smallest absolute Gasteiger partial charge is 0.189 e. The number of nitrogens with one attached hydrogen (secondary N) is 1. The van der Waals surface area contributed by atoms with Crippen molar-refractivity contribution in [3.8, 4) is 11.5 Å². The van der Waals surface area contributed by atoms with E-state index in [1.165, 1.54) is 22.1 Å². The van der Waals surface area contributed by atoms with Crippen LogP contribution in [0.3, 0.4) is 0 Å². The maximum absolute atomic E-state index is 6.42. The van der Waals surface area contributed by atoms with E-state index >= 15 is 0 Å². The number of hydrogen-bond donors (Lipinski definition) is 1. The van der Waals surface area contributed by atoms with Gasteiger partial charge in [-0.3, -0.25) is 0 Å². The molecule has 2 atom stereocenters. The highest BCUT2D eigenvalue weighted by Crippen LogP contribution is 2.48. The third-order valence-corrected chi connectivity index (χ3v) is 6.01. The molecule has 0 bridgehead atoms. The maximum atomic E-state index is 6.42. The number of rotatable bonds is 0. The second kappa shape index (κ2) is 5.29. The second-order valence-corrected chi connectivity index (χ2v) is 8.06. The van der Waals surface area contributed by atoms with Gasteiger partial charge in [0.25, 0.3) is 0 Å². The number of para-hydroxylation sites is 1. The average molecular weight is 355 g/mol. The molecule has 2 aromatic carbocycles. The topological polar surface area (TPSA) is 34.2 Å². The molecule has 3 aliphatic rings. The van der Waals surface area contributed by atoms with Crippen molar-refractivity contribution < 1.29 is 9.47 Å². The van der Waals surface area contributed by atoms with Crippen LogP contribution in [0.2, 0.25) is 0 Å². The van der Waals surface area contributed by atoms with Gasteiger partial charge >= 0.3 is 0 Å². The molecule has 0 spiro atoms. The molecule has 6 rings (SSSR count). The minimum absolute atomic E-state index is 0.389. The van der Waals surface area contributed by atoms with Gasteiger partial charge in [0.2, 0.25) is 0 Å². The molecule has 134 valence electrons. The Bertz CT molecular complexity index is 1160. The molecule has 0 amide bonds. The summed E-state index contributed by atoms with van der Waals surface area (Å²) in [7, 11) is 0. The Morgan fingerprint density at radius 3 is 2.78 bits per heavy atom. The van der Waals surface area contributed by atoms with Crippen LogP contribution in [0.5, 0.6) is 11.5 Å². The monoisotopic (exact) mass is 355 g/mol. The average Bonchev–Trinajstić information content (AvgIpc) is 3.06. The van der Waals surface area contributed by atoms with Crippen LogP contribution in [-0.4, -0.2) is 4.98 Å². The van der Waals surface area contributed by atoms with E-state index in [4.69, 9.17) is 9.47 Å². The zero-order chi connectivity index (χ0) is 18.1. The van der Waals surface area contributed by atoms with Crippen LogP contribution in [0.1, 0.15) is 48.6 Å². The summed E-state index contributed by atoms with van der Waals surface area (Å²) < 4.78 is 12.8. The number of fused-ring (bicyclic) bond motifs is 6. The summed E-state index contributed by atoms with van der Waals surface area (Å²) in [5.41, 5.74) is 6.13. The molecule has 27 heavy (non-hydrogen) atoms. The zero-order valence-corrected chi connectivity index (χ0v) is 15.5. The van der Waals surface area contributed by atoms with Crippen molar-refractivity contribution in [3.63, 3.8) is 0 Å². The number of ether oxygens (including phenoxy) is 2. The first-order chi connectivity index (χ1) is 13.2. The first kappa shape index (κ1) is 15.2. The van der Waals surface area contributed by atoms with Crippen LogP contribution in [0.4, 0.5) is 0 Å². The van der Waals surface area contributed by atoms with E-state index in [1.54, 1.807) is 0 Å². The summed E-state index contributed by atoms with van der Waals surface area (Å²) in [6.45, 7) is 4.51. The SMILES string of the molecule is CC1C=Cc2cc3c(cc2C1)OC1=C(O3)c2[nH]c3ccccc3c2C(C)C1. The van der Waals surface area contributed by atoms with Crippen molar-refractivity contribution >= 4 is 22.7 Å². The minimum Gasteiger partial charge on any atom is -0.454 e. The summed E-state index contributed by atoms with van der Waals surface area (Å²) in [6.07, 6.45) is 6.38. The minimum atomic E-state index is 0.389. The van der Waals surface area contributed by atoms with Crippen molar-refractivity contribution in [1.82, 2.24) is 4.98 Å². The largest absolute Gasteiger partial charge is 0.454 e. The van der Waals surface area contributed by atoms with Crippen LogP contribution in [0, 0.1) is 5.92 Å². The predicted molar refractivity (Wildman–Crippen MR) is 108 cm³/mol. The lowest BCUT2D eigenvalue weighted by Gasteiger charge is -2.30. The Balaban J connectivity index is 1.49. The molecule has 0 saturated heterocycles. The van der Waals surface area contributed by atoms with Gasteiger partial charge < -0.3 is 14.5 Å². The molecule has 2 unspecified atom stereocenters. The standard InChI is InChI=1S/C24H21NO2/c1-13-7-8-15-11-20-19(12-16(15)9-13)26-21-10-14(2)22-17-5-3-4-6-18(17)25-23(22)24(21)27-20/h3-8,11-14,25H,9-10H2,1-2H3. The maximum Gasteiger partial charge on any atom is 0.189 e. The van der Waals surface area contributed by atoms with Crippen LogP contribution in [0.15, 0.2) is 48.2 Å². The zero-order valence-electron chi connectivity index (χ0n) is 15.5. The van der Waals surface area contributed by atoms with Gasteiger partial charge in [-0.1, -0.05) is 44.2 Å². The molecular weight excluding hydrogens is 334 g/mol. The quantitative estimate of drug-likeness (QED) is 0.535. The fourth-order valence-corrected chi connectivity index (χ4v) is 4.70. The molecule has 0 fully saturated rings. The van der Waals surface area contributed by atoms with Gasteiger partial charge in [0.1, 0.15) is 5.76 Å². The fraction of sp³-hybridized carbons (Fsp3) is 0.250. The Morgan fingerprint density at radius 2 is 1.85 bits per heavy atom. The van der Waals surface area contributed by atoms with E-state index in [2.05, 4.69) is 67.4 Å². The highest BCUT2D eigenvalue weighted by Gasteiger charge is 2.34. The fourth-order valence-electron chi connectivity index (χ4n) is 4.70. The lowest BCUT2D eigenvalue weighted by Crippen LogP contribution is -2.19. The van der Waals surface area contributed by atoms with Gasteiger partial charge in [0.15, 0.2) is 17.3 Å². The number of aromatic nitrogens is 1. The highest BCUT2D eigenvalue weighted by atomic mass is 16.6. The van der Waals surface area contributed by atoms with E-state index in [1.807, 2.05) is 0 Å².